The Morgan fingerprint density at radius 3 is 2.76 bits per heavy atom. The van der Waals surface area contributed by atoms with Crippen molar-refractivity contribution in [1.29, 1.82) is 0 Å². The highest BCUT2D eigenvalue weighted by Gasteiger charge is 2.07. The van der Waals surface area contributed by atoms with Crippen molar-refractivity contribution < 1.29 is 9.47 Å². The molecule has 0 radical (unpaired) electrons. The van der Waals surface area contributed by atoms with Gasteiger partial charge in [0.15, 0.2) is 0 Å². The number of benzene rings is 1. The van der Waals surface area contributed by atoms with E-state index < -0.39 is 0 Å². The van der Waals surface area contributed by atoms with Gasteiger partial charge in [0.25, 0.3) is 0 Å². The number of halogens is 2. The molecule has 1 aromatic carbocycles. The fourth-order valence-electron chi connectivity index (χ4n) is 1.53. The molecule has 112 valence electrons. The third kappa shape index (κ3) is 4.71. The molecule has 0 fully saturated rings. The minimum Gasteiger partial charge on any atom is -0.497 e. The fraction of sp³-hybridized carbons (Fsp3) is 0.308. The molecule has 6 nitrogen and oxygen atoms in total. The lowest BCUT2D eigenvalue weighted by atomic mass is 10.3. The van der Waals surface area contributed by atoms with Gasteiger partial charge < -0.3 is 14.8 Å². The summed E-state index contributed by atoms with van der Waals surface area (Å²) in [5, 5.41) is 3.11. The second-order valence-corrected chi connectivity index (χ2v) is 5.32. The predicted molar refractivity (Wildman–Crippen MR) is 84.6 cm³/mol. The monoisotopic (exact) mass is 372 g/mol. The van der Waals surface area contributed by atoms with Crippen LogP contribution in [0.25, 0.3) is 0 Å². The molecule has 21 heavy (non-hydrogen) atoms. The van der Waals surface area contributed by atoms with Crippen LogP contribution in [0.5, 0.6) is 11.8 Å². The quantitative estimate of drug-likeness (QED) is 0.830. The van der Waals surface area contributed by atoms with E-state index in [1.54, 1.807) is 7.11 Å². The highest BCUT2D eigenvalue weighted by Crippen LogP contribution is 2.26. The van der Waals surface area contributed by atoms with Gasteiger partial charge in [-0.15, -0.1) is 0 Å². The molecule has 0 bridgehead atoms. The number of aromatic nitrogens is 3. The molecule has 0 aliphatic rings. The lowest BCUT2D eigenvalue weighted by molar-refractivity contribution is 0.292. The van der Waals surface area contributed by atoms with Gasteiger partial charge in [0.2, 0.25) is 11.2 Å². The lowest BCUT2D eigenvalue weighted by Gasteiger charge is -2.09. The second-order valence-electron chi connectivity index (χ2n) is 4.06. The maximum absolute atomic E-state index is 5.87. The Morgan fingerprint density at radius 2 is 2.05 bits per heavy atom. The summed E-state index contributed by atoms with van der Waals surface area (Å²) in [5.74, 6) is 1.01. The van der Waals surface area contributed by atoms with E-state index >= 15 is 0 Å². The molecule has 1 heterocycles. The Labute approximate surface area is 136 Å². The summed E-state index contributed by atoms with van der Waals surface area (Å²) in [4.78, 5) is 12.1. The average molecular weight is 374 g/mol. The summed E-state index contributed by atoms with van der Waals surface area (Å²) in [6, 6.07) is 5.73. The zero-order chi connectivity index (χ0) is 15.2. The first-order valence-electron chi connectivity index (χ1n) is 6.26. The molecule has 2 rings (SSSR count). The van der Waals surface area contributed by atoms with Crippen molar-refractivity contribution in [2.75, 3.05) is 19.0 Å². The van der Waals surface area contributed by atoms with Crippen LogP contribution in [0, 0.1) is 0 Å². The molecule has 0 aliphatic heterocycles. The molecule has 0 atom stereocenters. The number of methoxy groups -OCH3 is 1. The summed E-state index contributed by atoms with van der Waals surface area (Å²) in [7, 11) is 1.60. The minimum atomic E-state index is 0.0700. The smallest absolute Gasteiger partial charge is 0.322 e. The van der Waals surface area contributed by atoms with Gasteiger partial charge in [0, 0.05) is 16.2 Å². The summed E-state index contributed by atoms with van der Waals surface area (Å²) < 4.78 is 11.4. The highest BCUT2D eigenvalue weighted by molar-refractivity contribution is 9.10. The number of nitrogens with zero attached hydrogens (tertiary/aromatic N) is 3. The third-order valence-corrected chi connectivity index (χ3v) is 3.01. The van der Waals surface area contributed by atoms with Crippen molar-refractivity contribution in [3.63, 3.8) is 0 Å². The van der Waals surface area contributed by atoms with Crippen molar-refractivity contribution in [3.05, 3.63) is 28.0 Å². The Kier molecular flexibility index (Phi) is 5.58. The summed E-state index contributed by atoms with van der Waals surface area (Å²) in [5.41, 5.74) is 0.755. The van der Waals surface area contributed by atoms with E-state index in [2.05, 4.69) is 36.2 Å². The number of rotatable bonds is 6. The van der Waals surface area contributed by atoms with Gasteiger partial charge >= 0.3 is 6.01 Å². The first kappa shape index (κ1) is 15.8. The molecular weight excluding hydrogens is 360 g/mol. The minimum absolute atomic E-state index is 0.0700. The first-order valence-corrected chi connectivity index (χ1v) is 7.43. The van der Waals surface area contributed by atoms with Crippen LogP contribution in [-0.4, -0.2) is 28.7 Å². The molecule has 0 amide bonds. The molecule has 0 saturated carbocycles. The van der Waals surface area contributed by atoms with Gasteiger partial charge in [-0.25, -0.2) is 0 Å². The fourth-order valence-corrected chi connectivity index (χ4v) is 2.15. The number of nitrogens with one attached hydrogen (secondary N) is 1. The first-order chi connectivity index (χ1) is 10.1. The lowest BCUT2D eigenvalue weighted by Crippen LogP contribution is -2.05. The molecule has 0 spiro atoms. The van der Waals surface area contributed by atoms with Crippen LogP contribution in [0.15, 0.2) is 22.7 Å². The third-order valence-electron chi connectivity index (χ3n) is 2.39. The zero-order valence-corrected chi connectivity index (χ0v) is 13.9. The van der Waals surface area contributed by atoms with Crippen LogP contribution < -0.4 is 14.8 Å². The average Bonchev–Trinajstić information content (AvgIpc) is 2.43. The summed E-state index contributed by atoms with van der Waals surface area (Å²) in [6.07, 6.45) is 0.856. The van der Waals surface area contributed by atoms with Gasteiger partial charge in [0.05, 0.1) is 13.7 Å². The van der Waals surface area contributed by atoms with Gasteiger partial charge in [-0.3, -0.25) is 0 Å². The van der Waals surface area contributed by atoms with Gasteiger partial charge in [-0.05, 0) is 30.2 Å². The van der Waals surface area contributed by atoms with E-state index in [0.29, 0.717) is 18.3 Å². The van der Waals surface area contributed by atoms with Crippen LogP contribution in [0.1, 0.15) is 13.3 Å². The van der Waals surface area contributed by atoms with Crippen molar-refractivity contribution in [3.8, 4) is 11.8 Å². The van der Waals surface area contributed by atoms with Crippen LogP contribution in [-0.2, 0) is 0 Å². The van der Waals surface area contributed by atoms with Crippen molar-refractivity contribution in [2.45, 2.75) is 13.3 Å². The van der Waals surface area contributed by atoms with Crippen LogP contribution in [0.4, 0.5) is 11.6 Å². The molecule has 1 N–H and O–H groups in total. The molecule has 0 saturated heterocycles. The van der Waals surface area contributed by atoms with Crippen LogP contribution >= 0.6 is 27.5 Å². The number of anilines is 2. The summed E-state index contributed by atoms with van der Waals surface area (Å²) in [6.45, 7) is 2.51. The van der Waals surface area contributed by atoms with Crippen molar-refractivity contribution in [2.24, 2.45) is 0 Å². The maximum Gasteiger partial charge on any atom is 0.322 e. The van der Waals surface area contributed by atoms with E-state index in [1.165, 1.54) is 0 Å². The Hall–Kier alpha value is -1.60. The molecule has 1 aromatic heterocycles. The van der Waals surface area contributed by atoms with E-state index in [9.17, 15) is 0 Å². The predicted octanol–water partition coefficient (Wildman–Crippen LogP) is 3.83. The normalized spacial score (nSPS) is 10.3. The number of ether oxygens (including phenoxy) is 2. The molecular formula is C13H14BrClN4O2. The molecule has 2 aromatic rings. The van der Waals surface area contributed by atoms with Gasteiger partial charge in [0.1, 0.15) is 5.75 Å². The second kappa shape index (κ2) is 7.42. The standard InChI is InChI=1S/C13H14BrClN4O2/c1-3-4-21-13-18-11(15)17-12(19-13)16-9-5-8(14)6-10(7-9)20-2/h5-7H,3-4H2,1-2H3,(H,16,17,18,19). The van der Waals surface area contributed by atoms with E-state index in [1.807, 2.05) is 25.1 Å². The van der Waals surface area contributed by atoms with Crippen molar-refractivity contribution in [1.82, 2.24) is 15.0 Å². The maximum atomic E-state index is 5.87. The Bertz CT molecular complexity index is 627. The number of hydrogen-bond acceptors (Lipinski definition) is 6. The molecule has 0 unspecified atom stereocenters. The van der Waals surface area contributed by atoms with Gasteiger partial charge in [-0.2, -0.15) is 15.0 Å². The number of hydrogen-bond donors (Lipinski definition) is 1. The SMILES string of the molecule is CCCOc1nc(Cl)nc(Nc2cc(Br)cc(OC)c2)n1. The van der Waals surface area contributed by atoms with E-state index in [0.717, 1.165) is 16.6 Å². The zero-order valence-electron chi connectivity index (χ0n) is 11.6. The topological polar surface area (TPSA) is 69.2 Å². The highest BCUT2D eigenvalue weighted by atomic mass is 79.9. The van der Waals surface area contributed by atoms with Crippen LogP contribution in [0.2, 0.25) is 5.28 Å². The molecule has 8 heteroatoms. The van der Waals surface area contributed by atoms with E-state index in [4.69, 9.17) is 21.1 Å². The van der Waals surface area contributed by atoms with Crippen molar-refractivity contribution >= 4 is 39.2 Å². The Balaban J connectivity index is 2.22. The largest absolute Gasteiger partial charge is 0.497 e. The van der Waals surface area contributed by atoms with Crippen LogP contribution in [0.3, 0.4) is 0 Å². The summed E-state index contributed by atoms with van der Waals surface area (Å²) >= 11 is 9.28. The van der Waals surface area contributed by atoms with Gasteiger partial charge in [-0.1, -0.05) is 22.9 Å². The Morgan fingerprint density at radius 1 is 1.24 bits per heavy atom. The van der Waals surface area contributed by atoms with E-state index in [-0.39, 0.29) is 11.3 Å². The molecule has 0 aliphatic carbocycles.